The Bertz CT molecular complexity index is 848. The minimum atomic E-state index is -0.185. The van der Waals surface area contributed by atoms with Crippen LogP contribution in [0.15, 0.2) is 53.4 Å². The van der Waals surface area contributed by atoms with Crippen molar-refractivity contribution in [2.75, 3.05) is 24.7 Å². The zero-order valence-electron chi connectivity index (χ0n) is 17.7. The Morgan fingerprint density at radius 2 is 1.77 bits per heavy atom. The molecule has 0 atom stereocenters. The predicted molar refractivity (Wildman–Crippen MR) is 122 cm³/mol. The molecule has 0 aromatic heterocycles. The van der Waals surface area contributed by atoms with Gasteiger partial charge in [0.2, 0.25) is 5.91 Å². The van der Waals surface area contributed by atoms with E-state index in [4.69, 9.17) is 4.74 Å². The molecule has 3 rings (SSSR count). The van der Waals surface area contributed by atoms with Gasteiger partial charge in [0.25, 0.3) is 5.91 Å². The number of carbonyl (C=O) groups is 2. The minimum Gasteiger partial charge on any atom is -0.494 e. The van der Waals surface area contributed by atoms with Crippen molar-refractivity contribution >= 4 is 29.3 Å². The van der Waals surface area contributed by atoms with Crippen molar-refractivity contribution < 1.29 is 14.3 Å². The normalized spacial score (nSPS) is 14.2. The van der Waals surface area contributed by atoms with E-state index in [0.29, 0.717) is 29.7 Å². The fourth-order valence-electron chi connectivity index (χ4n) is 3.69. The number of amides is 2. The van der Waals surface area contributed by atoms with Gasteiger partial charge in [-0.2, -0.15) is 0 Å². The van der Waals surface area contributed by atoms with Gasteiger partial charge >= 0.3 is 0 Å². The molecule has 0 aliphatic heterocycles. The van der Waals surface area contributed by atoms with E-state index in [1.807, 2.05) is 61.3 Å². The van der Waals surface area contributed by atoms with Crippen molar-refractivity contribution in [2.24, 2.45) is 0 Å². The minimum absolute atomic E-state index is 0.119. The van der Waals surface area contributed by atoms with Crippen LogP contribution in [0, 0.1) is 0 Å². The van der Waals surface area contributed by atoms with E-state index in [1.54, 1.807) is 6.07 Å². The lowest BCUT2D eigenvalue weighted by Gasteiger charge is -2.31. The van der Waals surface area contributed by atoms with Crippen LogP contribution < -0.4 is 10.1 Å². The SMILES string of the molecule is CCOc1ccc(NC(=O)c2ccccc2SCC(=O)N(C)C2CCCCC2)cc1. The molecule has 2 amide bonds. The summed E-state index contributed by atoms with van der Waals surface area (Å²) >= 11 is 1.42. The third-order valence-corrected chi connectivity index (χ3v) is 6.48. The van der Waals surface area contributed by atoms with Crippen molar-refractivity contribution in [2.45, 2.75) is 50.0 Å². The van der Waals surface area contributed by atoms with Crippen LogP contribution in [0.1, 0.15) is 49.4 Å². The lowest BCUT2D eigenvalue weighted by Crippen LogP contribution is -2.39. The Balaban J connectivity index is 1.60. The second-order valence-corrected chi connectivity index (χ2v) is 8.51. The van der Waals surface area contributed by atoms with E-state index in [1.165, 1.54) is 31.0 Å². The molecule has 1 N–H and O–H groups in total. The molecule has 0 heterocycles. The molecule has 2 aromatic rings. The Hall–Kier alpha value is -2.47. The summed E-state index contributed by atoms with van der Waals surface area (Å²) in [6, 6.07) is 15.1. The van der Waals surface area contributed by atoms with Gasteiger partial charge in [0.05, 0.1) is 17.9 Å². The van der Waals surface area contributed by atoms with Gasteiger partial charge < -0.3 is 15.0 Å². The zero-order chi connectivity index (χ0) is 21.3. The number of hydrogen-bond acceptors (Lipinski definition) is 4. The molecule has 1 aliphatic rings. The highest BCUT2D eigenvalue weighted by Crippen LogP contribution is 2.26. The van der Waals surface area contributed by atoms with Crippen molar-refractivity contribution in [3.63, 3.8) is 0 Å². The number of ether oxygens (including phenoxy) is 1. The van der Waals surface area contributed by atoms with Gasteiger partial charge in [0.1, 0.15) is 5.75 Å². The second kappa shape index (κ2) is 11.1. The Kier molecular flexibility index (Phi) is 8.20. The highest BCUT2D eigenvalue weighted by Gasteiger charge is 2.22. The summed E-state index contributed by atoms with van der Waals surface area (Å²) in [5, 5.41) is 2.93. The highest BCUT2D eigenvalue weighted by molar-refractivity contribution is 8.00. The largest absolute Gasteiger partial charge is 0.494 e. The number of nitrogens with one attached hydrogen (secondary N) is 1. The zero-order valence-corrected chi connectivity index (χ0v) is 18.5. The van der Waals surface area contributed by atoms with E-state index in [-0.39, 0.29) is 11.8 Å². The number of thioether (sulfide) groups is 1. The highest BCUT2D eigenvalue weighted by atomic mass is 32.2. The molecule has 160 valence electrons. The lowest BCUT2D eigenvalue weighted by molar-refractivity contribution is -0.129. The molecule has 0 radical (unpaired) electrons. The fraction of sp³-hybridized carbons (Fsp3) is 0.417. The summed E-state index contributed by atoms with van der Waals surface area (Å²) in [6.07, 6.45) is 5.85. The number of rotatable bonds is 8. The van der Waals surface area contributed by atoms with Crippen LogP contribution in [-0.2, 0) is 4.79 Å². The first-order valence-corrected chi connectivity index (χ1v) is 11.6. The smallest absolute Gasteiger partial charge is 0.256 e. The maximum absolute atomic E-state index is 12.8. The molecule has 0 saturated heterocycles. The molecule has 30 heavy (non-hydrogen) atoms. The molecule has 0 spiro atoms. The summed E-state index contributed by atoms with van der Waals surface area (Å²) in [4.78, 5) is 28.2. The van der Waals surface area contributed by atoms with E-state index in [0.717, 1.165) is 23.5 Å². The number of hydrogen-bond donors (Lipinski definition) is 1. The molecular formula is C24H30N2O3S. The predicted octanol–water partition coefficient (Wildman–Crippen LogP) is 5.22. The van der Waals surface area contributed by atoms with E-state index in [2.05, 4.69) is 5.32 Å². The maximum atomic E-state index is 12.8. The van der Waals surface area contributed by atoms with Crippen LogP contribution in [0.25, 0.3) is 0 Å². The van der Waals surface area contributed by atoms with Crippen molar-refractivity contribution in [1.82, 2.24) is 4.90 Å². The fourth-order valence-corrected chi connectivity index (χ4v) is 4.67. The summed E-state index contributed by atoms with van der Waals surface area (Å²) in [5.41, 5.74) is 1.28. The molecule has 5 nitrogen and oxygen atoms in total. The van der Waals surface area contributed by atoms with Crippen molar-refractivity contribution in [3.8, 4) is 5.75 Å². The Morgan fingerprint density at radius 3 is 2.47 bits per heavy atom. The van der Waals surface area contributed by atoms with Gasteiger partial charge in [-0.1, -0.05) is 31.4 Å². The van der Waals surface area contributed by atoms with Gasteiger partial charge in [0, 0.05) is 23.7 Å². The average Bonchev–Trinajstić information content (AvgIpc) is 2.79. The van der Waals surface area contributed by atoms with Gasteiger partial charge in [-0.3, -0.25) is 9.59 Å². The molecule has 1 saturated carbocycles. The molecule has 1 aliphatic carbocycles. The van der Waals surface area contributed by atoms with Crippen LogP contribution in [0.4, 0.5) is 5.69 Å². The summed E-state index contributed by atoms with van der Waals surface area (Å²) in [6.45, 7) is 2.53. The van der Waals surface area contributed by atoms with Crippen LogP contribution in [0.3, 0.4) is 0 Å². The molecular weight excluding hydrogens is 396 g/mol. The number of nitrogens with zero attached hydrogens (tertiary/aromatic N) is 1. The van der Waals surface area contributed by atoms with E-state index in [9.17, 15) is 9.59 Å². The number of carbonyl (C=O) groups excluding carboxylic acids is 2. The molecule has 2 aromatic carbocycles. The summed E-state index contributed by atoms with van der Waals surface area (Å²) in [7, 11) is 1.91. The molecule has 6 heteroatoms. The molecule has 1 fully saturated rings. The van der Waals surface area contributed by atoms with Crippen LogP contribution in [-0.4, -0.2) is 42.2 Å². The maximum Gasteiger partial charge on any atom is 0.256 e. The first-order chi connectivity index (χ1) is 14.6. The average molecular weight is 427 g/mol. The topological polar surface area (TPSA) is 58.6 Å². The standard InChI is InChI=1S/C24H30N2O3S/c1-3-29-20-15-13-18(14-16-20)25-24(28)21-11-7-8-12-22(21)30-17-23(27)26(2)19-9-5-4-6-10-19/h7-8,11-16,19H,3-6,9-10,17H2,1-2H3,(H,25,28). The third-order valence-electron chi connectivity index (χ3n) is 5.42. The first-order valence-electron chi connectivity index (χ1n) is 10.6. The molecule has 0 unspecified atom stereocenters. The van der Waals surface area contributed by atoms with Crippen LogP contribution >= 0.6 is 11.8 Å². The van der Waals surface area contributed by atoms with E-state index >= 15 is 0 Å². The van der Waals surface area contributed by atoms with Gasteiger partial charge in [-0.25, -0.2) is 0 Å². The second-order valence-electron chi connectivity index (χ2n) is 7.49. The summed E-state index contributed by atoms with van der Waals surface area (Å²) in [5.74, 6) is 1.04. The third kappa shape index (κ3) is 6.02. The monoisotopic (exact) mass is 426 g/mol. The summed E-state index contributed by atoms with van der Waals surface area (Å²) < 4.78 is 5.43. The lowest BCUT2D eigenvalue weighted by atomic mass is 9.94. The Morgan fingerprint density at radius 1 is 1.07 bits per heavy atom. The van der Waals surface area contributed by atoms with Crippen LogP contribution in [0.5, 0.6) is 5.75 Å². The first kappa shape index (κ1) is 22.2. The number of anilines is 1. The van der Waals surface area contributed by atoms with E-state index < -0.39 is 0 Å². The Labute approximate surface area is 183 Å². The molecule has 0 bridgehead atoms. The number of benzene rings is 2. The van der Waals surface area contributed by atoms with Gasteiger partial charge in [-0.05, 0) is 56.2 Å². The van der Waals surface area contributed by atoms with Crippen LogP contribution in [0.2, 0.25) is 0 Å². The van der Waals surface area contributed by atoms with Crippen molar-refractivity contribution in [1.29, 1.82) is 0 Å². The van der Waals surface area contributed by atoms with Crippen molar-refractivity contribution in [3.05, 3.63) is 54.1 Å². The van der Waals surface area contributed by atoms with Gasteiger partial charge in [-0.15, -0.1) is 11.8 Å². The van der Waals surface area contributed by atoms with Gasteiger partial charge in [0.15, 0.2) is 0 Å². The quantitative estimate of drug-likeness (QED) is 0.588.